The van der Waals surface area contributed by atoms with Gasteiger partial charge in [-0.3, -0.25) is 0 Å². The minimum Gasteiger partial charge on any atom is -0.308 e. The zero-order valence-electron chi connectivity index (χ0n) is 32.3. The van der Waals surface area contributed by atoms with Crippen LogP contribution in [0.3, 0.4) is 0 Å². The van der Waals surface area contributed by atoms with Gasteiger partial charge in [0.05, 0.1) is 27.6 Å². The summed E-state index contributed by atoms with van der Waals surface area (Å²) in [7, 11) is 0. The summed E-state index contributed by atoms with van der Waals surface area (Å²) in [6, 6.07) is 71.5. The molecule has 60 heavy (non-hydrogen) atoms. The van der Waals surface area contributed by atoms with E-state index in [9.17, 15) is 0 Å². The minimum absolute atomic E-state index is 0.616. The number of aromatic nitrogens is 5. The second-order valence-corrected chi connectivity index (χ2v) is 15.6. The van der Waals surface area contributed by atoms with Crippen LogP contribution >= 0.6 is 0 Å². The highest BCUT2D eigenvalue weighted by molar-refractivity contribution is 6.27. The van der Waals surface area contributed by atoms with Crippen molar-refractivity contribution in [2.75, 3.05) is 0 Å². The summed E-state index contributed by atoms with van der Waals surface area (Å²) in [4.78, 5) is 15.4. The van der Waals surface area contributed by atoms with Crippen LogP contribution in [0.5, 0.6) is 0 Å². The van der Waals surface area contributed by atoms with Gasteiger partial charge in [0.1, 0.15) is 0 Å². The molecule has 0 N–H and O–H groups in total. The average molecular weight is 764 g/mol. The summed E-state index contributed by atoms with van der Waals surface area (Å²) in [6.45, 7) is 0. The normalized spacial score (nSPS) is 12.0. The van der Waals surface area contributed by atoms with Gasteiger partial charge in [0.25, 0.3) is 0 Å². The largest absolute Gasteiger partial charge is 0.308 e. The van der Waals surface area contributed by atoms with Gasteiger partial charge in [-0.25, -0.2) is 15.0 Å². The van der Waals surface area contributed by atoms with Crippen LogP contribution in [0.25, 0.3) is 122 Å². The van der Waals surface area contributed by atoms with E-state index in [0.29, 0.717) is 17.5 Å². The van der Waals surface area contributed by atoms with Crippen molar-refractivity contribution in [2.45, 2.75) is 0 Å². The Morgan fingerprint density at radius 1 is 0.283 bits per heavy atom. The highest BCUT2D eigenvalue weighted by Gasteiger charge is 2.23. The zero-order chi connectivity index (χ0) is 39.3. The molecule has 0 saturated heterocycles. The van der Waals surface area contributed by atoms with Gasteiger partial charge in [-0.15, -0.1) is 0 Å². The van der Waals surface area contributed by atoms with Crippen molar-refractivity contribution in [2.24, 2.45) is 0 Å². The summed E-state index contributed by atoms with van der Waals surface area (Å²) in [5.41, 5.74) is 12.0. The van der Waals surface area contributed by atoms with Crippen LogP contribution in [-0.2, 0) is 0 Å². The first-order valence-electron chi connectivity index (χ1n) is 20.4. The third-order valence-corrected chi connectivity index (χ3v) is 12.2. The summed E-state index contributed by atoms with van der Waals surface area (Å²) in [5.74, 6) is 1.88. The lowest BCUT2D eigenvalue weighted by molar-refractivity contribution is 1.07. The fourth-order valence-electron chi connectivity index (χ4n) is 9.57. The Bertz CT molecular complexity index is 3750. The lowest BCUT2D eigenvalue weighted by atomic mass is 10.0. The van der Waals surface area contributed by atoms with E-state index >= 15 is 0 Å². The molecule has 0 aliphatic carbocycles. The Kier molecular flexibility index (Phi) is 6.95. The number of para-hydroxylation sites is 2. The predicted octanol–water partition coefficient (Wildman–Crippen LogP) is 13.9. The second kappa shape index (κ2) is 12.7. The van der Waals surface area contributed by atoms with Gasteiger partial charge in [0.15, 0.2) is 17.5 Å². The molecular formula is C55H33N5. The minimum atomic E-state index is 0.616. The molecule has 0 atom stereocenters. The molecule has 5 nitrogen and oxygen atoms in total. The maximum absolute atomic E-state index is 5.21. The summed E-state index contributed by atoms with van der Waals surface area (Å²) in [6.07, 6.45) is 0. The molecule has 13 rings (SSSR count). The van der Waals surface area contributed by atoms with Crippen LogP contribution < -0.4 is 0 Å². The van der Waals surface area contributed by atoms with Crippen molar-refractivity contribution in [3.63, 3.8) is 0 Å². The third kappa shape index (κ3) is 4.84. The third-order valence-electron chi connectivity index (χ3n) is 12.2. The molecule has 13 aromatic rings. The van der Waals surface area contributed by atoms with E-state index in [-0.39, 0.29) is 0 Å². The first-order valence-corrected chi connectivity index (χ1v) is 20.4. The molecule has 5 heteroatoms. The van der Waals surface area contributed by atoms with Gasteiger partial charge in [-0.2, -0.15) is 0 Å². The number of rotatable bonds is 5. The van der Waals surface area contributed by atoms with Crippen molar-refractivity contribution in [1.29, 1.82) is 0 Å². The Hall–Kier alpha value is -8.15. The first-order chi connectivity index (χ1) is 29.7. The number of nitrogens with zero attached hydrogens (tertiary/aromatic N) is 5. The van der Waals surface area contributed by atoms with E-state index in [0.717, 1.165) is 39.0 Å². The van der Waals surface area contributed by atoms with Gasteiger partial charge in [0, 0.05) is 60.1 Å². The van der Waals surface area contributed by atoms with Crippen LogP contribution in [0.4, 0.5) is 0 Å². The average Bonchev–Trinajstić information content (AvgIpc) is 3.96. The number of fused-ring (bicyclic) bond motifs is 11. The fourth-order valence-corrected chi connectivity index (χ4v) is 9.57. The molecule has 0 fully saturated rings. The first kappa shape index (κ1) is 32.9. The molecule has 0 radical (unpaired) electrons. The van der Waals surface area contributed by atoms with Gasteiger partial charge in [-0.05, 0) is 52.9 Å². The molecule has 0 amide bonds. The van der Waals surface area contributed by atoms with Gasteiger partial charge < -0.3 is 8.97 Å². The zero-order valence-corrected chi connectivity index (χ0v) is 32.3. The monoisotopic (exact) mass is 763 g/mol. The van der Waals surface area contributed by atoms with Crippen molar-refractivity contribution >= 4 is 70.7 Å². The molecule has 4 aromatic heterocycles. The molecule has 0 aliphatic heterocycles. The smallest absolute Gasteiger partial charge is 0.164 e. The number of hydrogen-bond donors (Lipinski definition) is 0. The van der Waals surface area contributed by atoms with Crippen molar-refractivity contribution in [3.8, 4) is 51.0 Å². The topological polar surface area (TPSA) is 48.0 Å². The van der Waals surface area contributed by atoms with Crippen LogP contribution in [0, 0.1) is 0 Å². The summed E-state index contributed by atoms with van der Waals surface area (Å²) < 4.78 is 4.95. The van der Waals surface area contributed by atoms with Crippen LogP contribution in [-0.4, -0.2) is 23.9 Å². The van der Waals surface area contributed by atoms with Crippen molar-refractivity contribution < 1.29 is 0 Å². The molecule has 9 aromatic carbocycles. The second-order valence-electron chi connectivity index (χ2n) is 15.6. The SMILES string of the molecule is c1ccc(-c2cc(-c3nc(-c4ccccc4)nc(-c4ccccc4)n3)cc(-n3c4cc5c(cc4c4ccc6ccccc6c43)c3cccc4c6ccccc6n5c43)c2)cc1. The fraction of sp³-hybridized carbons (Fsp3) is 0. The van der Waals surface area contributed by atoms with E-state index in [1.807, 2.05) is 36.4 Å². The molecule has 0 spiro atoms. The van der Waals surface area contributed by atoms with E-state index < -0.39 is 0 Å². The van der Waals surface area contributed by atoms with Gasteiger partial charge >= 0.3 is 0 Å². The Balaban J connectivity index is 1.16. The lowest BCUT2D eigenvalue weighted by Crippen LogP contribution is -2.02. The number of benzene rings is 9. The quantitative estimate of drug-likeness (QED) is 0.175. The van der Waals surface area contributed by atoms with E-state index in [1.165, 1.54) is 65.2 Å². The Labute approximate surface area is 344 Å². The molecular weight excluding hydrogens is 731 g/mol. The van der Waals surface area contributed by atoms with Crippen LogP contribution in [0.1, 0.15) is 0 Å². The molecule has 0 unspecified atom stereocenters. The Morgan fingerprint density at radius 3 is 1.53 bits per heavy atom. The molecule has 0 bridgehead atoms. The molecule has 278 valence electrons. The lowest BCUT2D eigenvalue weighted by Gasteiger charge is -2.15. The summed E-state index contributed by atoms with van der Waals surface area (Å²) in [5, 5.41) is 9.91. The van der Waals surface area contributed by atoms with Gasteiger partial charge in [-0.1, -0.05) is 164 Å². The van der Waals surface area contributed by atoms with Gasteiger partial charge in [0.2, 0.25) is 0 Å². The highest BCUT2D eigenvalue weighted by atomic mass is 15.0. The standard InChI is InChI=1S/C55H33N5/c1-4-15-34(16-5-1)38-29-39(55-57-53(36-18-6-2-7-19-36)56-54(58-55)37-20-8-3-9-21-37)31-40(30-38)59-49-33-50-46(32-47(49)45-28-27-35-17-10-11-22-41(35)51(45)59)44-25-14-24-43-42-23-12-13-26-48(42)60(50)52(43)44/h1-33H. The Morgan fingerprint density at radius 2 is 0.817 bits per heavy atom. The predicted molar refractivity (Wildman–Crippen MR) is 248 cm³/mol. The maximum atomic E-state index is 5.21. The van der Waals surface area contributed by atoms with Crippen LogP contribution in [0.15, 0.2) is 200 Å². The molecule has 0 aliphatic rings. The van der Waals surface area contributed by atoms with E-state index in [2.05, 4.69) is 173 Å². The van der Waals surface area contributed by atoms with Crippen molar-refractivity contribution in [1.82, 2.24) is 23.9 Å². The molecule has 0 saturated carbocycles. The van der Waals surface area contributed by atoms with E-state index in [1.54, 1.807) is 0 Å². The van der Waals surface area contributed by atoms with E-state index in [4.69, 9.17) is 15.0 Å². The maximum Gasteiger partial charge on any atom is 0.164 e. The highest BCUT2D eigenvalue weighted by Crippen LogP contribution is 2.44. The summed E-state index contributed by atoms with van der Waals surface area (Å²) >= 11 is 0. The molecule has 4 heterocycles. The van der Waals surface area contributed by atoms with Crippen LogP contribution in [0.2, 0.25) is 0 Å². The number of hydrogen-bond acceptors (Lipinski definition) is 3. The van der Waals surface area contributed by atoms with Crippen molar-refractivity contribution in [3.05, 3.63) is 200 Å².